The van der Waals surface area contributed by atoms with Gasteiger partial charge in [-0.1, -0.05) is 12.1 Å². The van der Waals surface area contributed by atoms with E-state index in [2.05, 4.69) is 5.16 Å². The maximum atomic E-state index is 12.5. The number of aromatic nitrogens is 1. The van der Waals surface area contributed by atoms with Gasteiger partial charge in [-0.2, -0.15) is 0 Å². The first-order valence-electron chi connectivity index (χ1n) is 7.13. The first-order chi connectivity index (χ1) is 10.2. The minimum atomic E-state index is -0.669. The van der Waals surface area contributed by atoms with Gasteiger partial charge in [0.2, 0.25) is 0 Å². The molecule has 1 aromatic heterocycles. The number of likely N-dealkylation sites (N-methyl/N-ethyl adjacent to an activating group) is 1. The lowest BCUT2D eigenvalue weighted by Crippen LogP contribution is -2.45. The van der Waals surface area contributed by atoms with Gasteiger partial charge in [0.15, 0.2) is 0 Å². The average Bonchev–Trinajstić information content (AvgIpc) is 2.85. The van der Waals surface area contributed by atoms with Gasteiger partial charge in [0.05, 0.1) is 6.61 Å². The van der Waals surface area contributed by atoms with E-state index in [4.69, 9.17) is 14.0 Å². The van der Waals surface area contributed by atoms with Crippen LogP contribution >= 0.6 is 0 Å². The first-order valence-corrected chi connectivity index (χ1v) is 7.13. The highest BCUT2D eigenvalue weighted by Gasteiger charge is 2.31. The SMILES string of the molecule is CCC(C(=O)OC(C)(C)C)N(C)C(=O)c1conc1COC. The normalized spacial score (nSPS) is 12.8. The Kier molecular flexibility index (Phi) is 6.11. The number of amides is 1. The van der Waals surface area contributed by atoms with E-state index in [1.807, 2.05) is 6.92 Å². The van der Waals surface area contributed by atoms with E-state index in [1.165, 1.54) is 18.3 Å². The predicted octanol–water partition coefficient (Wildman–Crippen LogP) is 2.01. The van der Waals surface area contributed by atoms with Crippen LogP contribution in [0.2, 0.25) is 0 Å². The van der Waals surface area contributed by atoms with Gasteiger partial charge in [-0.25, -0.2) is 4.79 Å². The highest BCUT2D eigenvalue weighted by atomic mass is 16.6. The van der Waals surface area contributed by atoms with Crippen LogP contribution in [-0.4, -0.2) is 47.7 Å². The second-order valence-electron chi connectivity index (χ2n) is 5.98. The molecule has 1 aromatic rings. The smallest absolute Gasteiger partial charge is 0.329 e. The molecule has 0 spiro atoms. The number of rotatable bonds is 6. The summed E-state index contributed by atoms with van der Waals surface area (Å²) in [5.41, 5.74) is 0.0806. The zero-order valence-corrected chi connectivity index (χ0v) is 14.0. The third-order valence-electron chi connectivity index (χ3n) is 3.01. The van der Waals surface area contributed by atoms with Crippen molar-refractivity contribution in [2.75, 3.05) is 14.2 Å². The van der Waals surface area contributed by atoms with Crippen LogP contribution < -0.4 is 0 Å². The van der Waals surface area contributed by atoms with E-state index in [0.29, 0.717) is 12.1 Å². The second kappa shape index (κ2) is 7.40. The lowest BCUT2D eigenvalue weighted by Gasteiger charge is -2.29. The van der Waals surface area contributed by atoms with Gasteiger partial charge in [-0.3, -0.25) is 4.79 Å². The number of carbonyl (C=O) groups is 2. The highest BCUT2D eigenvalue weighted by molar-refractivity contribution is 5.97. The summed E-state index contributed by atoms with van der Waals surface area (Å²) in [7, 11) is 3.06. The van der Waals surface area contributed by atoms with Crippen LogP contribution in [0.25, 0.3) is 0 Å². The van der Waals surface area contributed by atoms with Gasteiger partial charge in [0.1, 0.15) is 29.2 Å². The summed E-state index contributed by atoms with van der Waals surface area (Å²) in [5.74, 6) is -0.790. The van der Waals surface area contributed by atoms with Crippen LogP contribution in [0.4, 0.5) is 0 Å². The van der Waals surface area contributed by atoms with Gasteiger partial charge in [-0.15, -0.1) is 0 Å². The molecule has 1 unspecified atom stereocenters. The Bertz CT molecular complexity index is 518. The summed E-state index contributed by atoms with van der Waals surface area (Å²) < 4.78 is 15.2. The molecule has 0 aliphatic rings. The number of nitrogens with zero attached hydrogens (tertiary/aromatic N) is 2. The van der Waals surface area contributed by atoms with Crippen LogP contribution in [0.15, 0.2) is 10.8 Å². The molecule has 0 fully saturated rings. The number of hydrogen-bond acceptors (Lipinski definition) is 6. The van der Waals surface area contributed by atoms with Crippen molar-refractivity contribution in [2.24, 2.45) is 0 Å². The second-order valence-corrected chi connectivity index (χ2v) is 5.98. The monoisotopic (exact) mass is 312 g/mol. The average molecular weight is 312 g/mol. The number of hydrogen-bond donors (Lipinski definition) is 0. The molecule has 0 bridgehead atoms. The maximum absolute atomic E-state index is 12.5. The lowest BCUT2D eigenvalue weighted by molar-refractivity contribution is -0.160. The van der Waals surface area contributed by atoms with E-state index in [1.54, 1.807) is 27.8 Å². The minimum absolute atomic E-state index is 0.161. The molecule has 0 radical (unpaired) electrons. The van der Waals surface area contributed by atoms with Crippen LogP contribution in [-0.2, 0) is 20.9 Å². The van der Waals surface area contributed by atoms with Gasteiger partial charge in [0, 0.05) is 14.2 Å². The van der Waals surface area contributed by atoms with Crippen LogP contribution in [0.3, 0.4) is 0 Å². The fourth-order valence-electron chi connectivity index (χ4n) is 1.97. The van der Waals surface area contributed by atoms with Crippen molar-refractivity contribution in [3.63, 3.8) is 0 Å². The summed E-state index contributed by atoms with van der Waals surface area (Å²) >= 11 is 0. The number of ether oxygens (including phenoxy) is 2. The maximum Gasteiger partial charge on any atom is 0.329 e. The van der Waals surface area contributed by atoms with Gasteiger partial charge >= 0.3 is 5.97 Å². The van der Waals surface area contributed by atoms with Crippen LogP contribution in [0.5, 0.6) is 0 Å². The van der Waals surface area contributed by atoms with Crippen molar-refractivity contribution >= 4 is 11.9 Å². The summed E-state index contributed by atoms with van der Waals surface area (Å²) in [4.78, 5) is 26.1. The van der Waals surface area contributed by atoms with E-state index in [0.717, 1.165) is 0 Å². The van der Waals surface area contributed by atoms with E-state index in [9.17, 15) is 9.59 Å². The molecule has 1 rings (SSSR count). The molecule has 1 atom stereocenters. The fraction of sp³-hybridized carbons (Fsp3) is 0.667. The van der Waals surface area contributed by atoms with Crippen molar-refractivity contribution in [3.8, 4) is 0 Å². The van der Waals surface area contributed by atoms with E-state index >= 15 is 0 Å². The van der Waals surface area contributed by atoms with Crippen molar-refractivity contribution in [3.05, 3.63) is 17.5 Å². The Morgan fingerprint density at radius 1 is 1.41 bits per heavy atom. The third kappa shape index (κ3) is 4.56. The van der Waals surface area contributed by atoms with E-state index < -0.39 is 17.6 Å². The van der Waals surface area contributed by atoms with Crippen molar-refractivity contribution in [1.82, 2.24) is 10.1 Å². The Labute approximate surface area is 130 Å². The zero-order chi connectivity index (χ0) is 16.9. The molecule has 1 heterocycles. The molecule has 7 heteroatoms. The Morgan fingerprint density at radius 2 is 2.05 bits per heavy atom. The molecule has 0 aliphatic heterocycles. The zero-order valence-electron chi connectivity index (χ0n) is 14.0. The first kappa shape index (κ1) is 18.2. The molecule has 124 valence electrons. The summed E-state index contributed by atoms with van der Waals surface area (Å²) in [5, 5.41) is 3.74. The molecule has 0 saturated carbocycles. The summed E-state index contributed by atoms with van der Waals surface area (Å²) in [6.45, 7) is 7.35. The molecule has 0 aliphatic carbocycles. The Morgan fingerprint density at radius 3 is 2.55 bits per heavy atom. The van der Waals surface area contributed by atoms with Crippen molar-refractivity contribution < 1.29 is 23.6 Å². The third-order valence-corrected chi connectivity index (χ3v) is 3.01. The predicted molar refractivity (Wildman–Crippen MR) is 79.2 cm³/mol. The summed E-state index contributed by atoms with van der Waals surface area (Å²) in [6.07, 6.45) is 1.71. The topological polar surface area (TPSA) is 81.9 Å². The molecular formula is C15H24N2O5. The molecule has 22 heavy (non-hydrogen) atoms. The van der Waals surface area contributed by atoms with Crippen molar-refractivity contribution in [1.29, 1.82) is 0 Å². The largest absolute Gasteiger partial charge is 0.458 e. The molecule has 0 aromatic carbocycles. The van der Waals surface area contributed by atoms with Gasteiger partial charge in [-0.05, 0) is 27.2 Å². The fourth-order valence-corrected chi connectivity index (χ4v) is 1.97. The quantitative estimate of drug-likeness (QED) is 0.747. The molecule has 1 amide bonds. The number of esters is 1. The molecular weight excluding hydrogens is 288 g/mol. The lowest BCUT2D eigenvalue weighted by atomic mass is 10.1. The Balaban J connectivity index is 2.91. The van der Waals surface area contributed by atoms with E-state index in [-0.39, 0.29) is 18.1 Å². The van der Waals surface area contributed by atoms with Gasteiger partial charge in [0.25, 0.3) is 5.91 Å². The van der Waals surface area contributed by atoms with Crippen LogP contribution in [0, 0.1) is 0 Å². The standard InChI is InChI=1S/C15H24N2O5/c1-7-12(14(19)22-15(2,3)4)17(5)13(18)10-8-21-16-11(10)9-20-6/h8,12H,7,9H2,1-6H3. The molecule has 0 N–H and O–H groups in total. The molecule has 0 saturated heterocycles. The summed E-state index contributed by atoms with van der Waals surface area (Å²) in [6, 6.07) is -0.669. The number of carbonyl (C=O) groups excluding carboxylic acids is 2. The minimum Gasteiger partial charge on any atom is -0.458 e. The van der Waals surface area contributed by atoms with Gasteiger partial charge < -0.3 is 18.9 Å². The Hall–Kier alpha value is -1.89. The number of methoxy groups -OCH3 is 1. The van der Waals surface area contributed by atoms with Crippen LogP contribution in [0.1, 0.15) is 50.2 Å². The molecule has 7 nitrogen and oxygen atoms in total. The highest BCUT2D eigenvalue weighted by Crippen LogP contribution is 2.17. The van der Waals surface area contributed by atoms with Crippen molar-refractivity contribution in [2.45, 2.75) is 52.4 Å².